The molecule has 0 aliphatic heterocycles. The summed E-state index contributed by atoms with van der Waals surface area (Å²) in [5.74, 6) is -0.203. The molecule has 0 aliphatic carbocycles. The summed E-state index contributed by atoms with van der Waals surface area (Å²) in [5.41, 5.74) is 0.912. The Morgan fingerprint density at radius 2 is 2.29 bits per heavy atom. The third-order valence-electron chi connectivity index (χ3n) is 1.63. The third kappa shape index (κ3) is 3.48. The summed E-state index contributed by atoms with van der Waals surface area (Å²) in [6, 6.07) is 1.79. The van der Waals surface area contributed by atoms with Crippen molar-refractivity contribution in [2.24, 2.45) is 0 Å². The molecule has 14 heavy (non-hydrogen) atoms. The Morgan fingerprint density at radius 3 is 2.79 bits per heavy atom. The third-order valence-corrected chi connectivity index (χ3v) is 3.20. The highest BCUT2D eigenvalue weighted by atomic mass is 35.5. The van der Waals surface area contributed by atoms with E-state index in [2.05, 4.69) is 0 Å². The fraction of sp³-hybridized carbons (Fsp3) is 0.444. The highest BCUT2D eigenvalue weighted by molar-refractivity contribution is 7.20. The van der Waals surface area contributed by atoms with Gasteiger partial charge >= 0.3 is 5.97 Å². The van der Waals surface area contributed by atoms with Crippen LogP contribution in [-0.2, 0) is 16.0 Å². The number of aryl methyl sites for hydroxylation is 1. The SMILES string of the molecule is CCOC(=O)CCc1cc(Cl)sc1Cl. The first-order chi connectivity index (χ1) is 6.63. The van der Waals surface area contributed by atoms with Crippen LogP contribution in [0.15, 0.2) is 6.07 Å². The molecule has 1 aromatic heterocycles. The predicted octanol–water partition coefficient (Wildman–Crippen LogP) is 3.55. The van der Waals surface area contributed by atoms with Crippen LogP contribution in [-0.4, -0.2) is 12.6 Å². The van der Waals surface area contributed by atoms with Gasteiger partial charge in [0.05, 0.1) is 15.3 Å². The lowest BCUT2D eigenvalue weighted by Gasteiger charge is -2.00. The van der Waals surface area contributed by atoms with Gasteiger partial charge in [-0.2, -0.15) is 0 Å². The van der Waals surface area contributed by atoms with Crippen LogP contribution < -0.4 is 0 Å². The molecule has 0 aliphatic rings. The first kappa shape index (κ1) is 11.8. The highest BCUT2D eigenvalue weighted by Crippen LogP contribution is 2.31. The molecule has 0 amide bonds. The Hall–Kier alpha value is -0.250. The Kier molecular flexibility index (Phi) is 4.72. The number of ether oxygens (including phenoxy) is 1. The quantitative estimate of drug-likeness (QED) is 0.767. The molecule has 1 heterocycles. The lowest BCUT2D eigenvalue weighted by Crippen LogP contribution is -2.04. The second-order valence-corrected chi connectivity index (χ2v) is 4.94. The van der Waals surface area contributed by atoms with E-state index in [1.165, 1.54) is 11.3 Å². The average Bonchev–Trinajstić information content (AvgIpc) is 2.42. The maximum absolute atomic E-state index is 11.0. The van der Waals surface area contributed by atoms with Crippen molar-refractivity contribution in [2.45, 2.75) is 19.8 Å². The van der Waals surface area contributed by atoms with Crippen molar-refractivity contribution in [3.8, 4) is 0 Å². The topological polar surface area (TPSA) is 26.3 Å². The fourth-order valence-electron chi connectivity index (χ4n) is 1.01. The number of carbonyl (C=O) groups excluding carboxylic acids is 1. The van der Waals surface area contributed by atoms with Crippen LogP contribution >= 0.6 is 34.5 Å². The van der Waals surface area contributed by atoms with Gasteiger partial charge in [-0.05, 0) is 25.0 Å². The van der Waals surface area contributed by atoms with Crippen LogP contribution in [0.3, 0.4) is 0 Å². The van der Waals surface area contributed by atoms with Gasteiger partial charge in [0.2, 0.25) is 0 Å². The van der Waals surface area contributed by atoms with Crippen molar-refractivity contribution in [2.75, 3.05) is 6.61 Å². The Morgan fingerprint density at radius 1 is 1.57 bits per heavy atom. The molecule has 0 bridgehead atoms. The Labute approximate surface area is 96.8 Å². The van der Waals surface area contributed by atoms with E-state index in [1.54, 1.807) is 13.0 Å². The second-order valence-electron chi connectivity index (χ2n) is 2.65. The van der Waals surface area contributed by atoms with Crippen LogP contribution in [0.1, 0.15) is 18.9 Å². The molecule has 0 aromatic carbocycles. The summed E-state index contributed by atoms with van der Waals surface area (Å²) < 4.78 is 6.10. The van der Waals surface area contributed by atoms with Gasteiger partial charge in [0.15, 0.2) is 0 Å². The molecule has 0 atom stereocenters. The molecule has 78 valence electrons. The van der Waals surface area contributed by atoms with Crippen molar-refractivity contribution in [1.82, 2.24) is 0 Å². The van der Waals surface area contributed by atoms with Gasteiger partial charge in [-0.1, -0.05) is 23.2 Å². The molecule has 0 N–H and O–H groups in total. The molecule has 0 fully saturated rings. The fourth-order valence-corrected chi connectivity index (χ4v) is 2.56. The lowest BCUT2D eigenvalue weighted by molar-refractivity contribution is -0.143. The Balaban J connectivity index is 2.45. The van der Waals surface area contributed by atoms with E-state index in [0.717, 1.165) is 5.56 Å². The zero-order chi connectivity index (χ0) is 10.6. The van der Waals surface area contributed by atoms with Crippen LogP contribution in [0.4, 0.5) is 0 Å². The normalized spacial score (nSPS) is 10.2. The number of carbonyl (C=O) groups is 1. The predicted molar refractivity (Wildman–Crippen MR) is 59.3 cm³/mol. The van der Waals surface area contributed by atoms with Crippen molar-refractivity contribution in [1.29, 1.82) is 0 Å². The molecule has 1 rings (SSSR count). The van der Waals surface area contributed by atoms with E-state index >= 15 is 0 Å². The number of hydrogen-bond donors (Lipinski definition) is 0. The largest absolute Gasteiger partial charge is 0.466 e. The van der Waals surface area contributed by atoms with Crippen molar-refractivity contribution in [3.05, 3.63) is 20.3 Å². The highest BCUT2D eigenvalue weighted by Gasteiger charge is 2.08. The van der Waals surface area contributed by atoms with E-state index in [-0.39, 0.29) is 5.97 Å². The first-order valence-electron chi connectivity index (χ1n) is 4.22. The zero-order valence-corrected chi connectivity index (χ0v) is 10.0. The first-order valence-corrected chi connectivity index (χ1v) is 5.80. The number of thiophene rings is 1. The second kappa shape index (κ2) is 5.59. The lowest BCUT2D eigenvalue weighted by atomic mass is 10.2. The van der Waals surface area contributed by atoms with Crippen LogP contribution in [0.5, 0.6) is 0 Å². The summed E-state index contributed by atoms with van der Waals surface area (Å²) >= 11 is 13.0. The number of esters is 1. The van der Waals surface area contributed by atoms with Crippen LogP contribution in [0.2, 0.25) is 8.67 Å². The smallest absolute Gasteiger partial charge is 0.306 e. The summed E-state index contributed by atoms with van der Waals surface area (Å²) in [5, 5.41) is 0. The van der Waals surface area contributed by atoms with Crippen molar-refractivity contribution in [3.63, 3.8) is 0 Å². The monoisotopic (exact) mass is 252 g/mol. The molecule has 5 heteroatoms. The molecular weight excluding hydrogens is 243 g/mol. The van der Waals surface area contributed by atoms with Gasteiger partial charge in [-0.25, -0.2) is 0 Å². The summed E-state index contributed by atoms with van der Waals surface area (Å²) in [6.07, 6.45) is 0.932. The summed E-state index contributed by atoms with van der Waals surface area (Å²) in [4.78, 5) is 11.0. The minimum absolute atomic E-state index is 0.203. The molecule has 0 radical (unpaired) electrons. The number of halogens is 2. The molecular formula is C9H10Cl2O2S. The molecule has 2 nitrogen and oxygen atoms in total. The van der Waals surface area contributed by atoms with Gasteiger partial charge in [-0.3, -0.25) is 4.79 Å². The Bertz CT molecular complexity index is 323. The van der Waals surface area contributed by atoms with Gasteiger partial charge in [0, 0.05) is 6.42 Å². The molecule has 0 saturated heterocycles. The maximum atomic E-state index is 11.0. The molecule has 0 saturated carbocycles. The zero-order valence-electron chi connectivity index (χ0n) is 7.68. The van der Waals surface area contributed by atoms with Gasteiger partial charge in [0.1, 0.15) is 0 Å². The molecule has 0 unspecified atom stereocenters. The maximum Gasteiger partial charge on any atom is 0.306 e. The minimum Gasteiger partial charge on any atom is -0.466 e. The number of rotatable bonds is 4. The molecule has 1 aromatic rings. The van der Waals surface area contributed by atoms with E-state index in [1.807, 2.05) is 0 Å². The average molecular weight is 253 g/mol. The van der Waals surface area contributed by atoms with Crippen molar-refractivity contribution < 1.29 is 9.53 Å². The van der Waals surface area contributed by atoms with Crippen LogP contribution in [0.25, 0.3) is 0 Å². The van der Waals surface area contributed by atoms with E-state index in [0.29, 0.717) is 28.1 Å². The van der Waals surface area contributed by atoms with Gasteiger partial charge < -0.3 is 4.74 Å². The molecule has 0 spiro atoms. The van der Waals surface area contributed by atoms with Gasteiger partial charge in [-0.15, -0.1) is 11.3 Å². The standard InChI is InChI=1S/C9H10Cl2O2S/c1-2-13-8(12)4-3-6-5-7(10)14-9(6)11/h5H,2-4H2,1H3. The van der Waals surface area contributed by atoms with E-state index in [9.17, 15) is 4.79 Å². The number of hydrogen-bond acceptors (Lipinski definition) is 3. The van der Waals surface area contributed by atoms with E-state index in [4.69, 9.17) is 27.9 Å². The minimum atomic E-state index is -0.203. The van der Waals surface area contributed by atoms with Crippen LogP contribution in [0, 0.1) is 0 Å². The van der Waals surface area contributed by atoms with E-state index < -0.39 is 0 Å². The summed E-state index contributed by atoms with van der Waals surface area (Å²) in [7, 11) is 0. The summed E-state index contributed by atoms with van der Waals surface area (Å²) in [6.45, 7) is 2.20. The van der Waals surface area contributed by atoms with Gasteiger partial charge in [0.25, 0.3) is 0 Å². The van der Waals surface area contributed by atoms with Crippen molar-refractivity contribution >= 4 is 40.5 Å².